The Morgan fingerprint density at radius 1 is 1.00 bits per heavy atom. The molecule has 0 aliphatic rings. The van der Waals surface area contributed by atoms with E-state index in [0.29, 0.717) is 15.7 Å². The van der Waals surface area contributed by atoms with Gasteiger partial charge in [0.15, 0.2) is 0 Å². The van der Waals surface area contributed by atoms with Gasteiger partial charge in [-0.1, -0.05) is 29.3 Å². The van der Waals surface area contributed by atoms with Gasteiger partial charge in [0.2, 0.25) is 0 Å². The summed E-state index contributed by atoms with van der Waals surface area (Å²) in [6.07, 6.45) is 0. The molecule has 0 bridgehead atoms. The number of halogens is 2. The second-order valence-corrected chi connectivity index (χ2v) is 6.58. The smallest absolute Gasteiger partial charge is 0.261 e. The minimum Gasteiger partial charge on any atom is -0.279 e. The third-order valence-electron chi connectivity index (χ3n) is 2.54. The molecule has 2 aromatic carbocycles. The molecular weight excluding hydrogens is 305 g/mol. The number of rotatable bonds is 3. The van der Waals surface area contributed by atoms with Crippen molar-refractivity contribution >= 4 is 38.9 Å². The quantitative estimate of drug-likeness (QED) is 0.926. The standard InChI is InChI=1S/C13H11Cl2NO2S/c1-9-7-11(15)5-6-13(9)16-19(17,18)12-4-2-3-10(14)8-12/h2-8,16H,1H3. The number of hydrogen-bond donors (Lipinski definition) is 1. The van der Waals surface area contributed by atoms with Crippen LogP contribution in [0.1, 0.15) is 5.56 Å². The zero-order valence-corrected chi connectivity index (χ0v) is 12.4. The highest BCUT2D eigenvalue weighted by Gasteiger charge is 2.15. The molecular formula is C13H11Cl2NO2S. The highest BCUT2D eigenvalue weighted by molar-refractivity contribution is 7.92. The molecule has 100 valence electrons. The SMILES string of the molecule is Cc1cc(Cl)ccc1NS(=O)(=O)c1cccc(Cl)c1. The number of anilines is 1. The van der Waals surface area contributed by atoms with Crippen molar-refractivity contribution in [2.75, 3.05) is 4.72 Å². The first-order valence-corrected chi connectivity index (χ1v) is 7.67. The molecule has 19 heavy (non-hydrogen) atoms. The Balaban J connectivity index is 2.36. The van der Waals surface area contributed by atoms with Gasteiger partial charge in [0.25, 0.3) is 10.0 Å². The molecule has 0 aromatic heterocycles. The fraction of sp³-hybridized carbons (Fsp3) is 0.0769. The number of aryl methyl sites for hydroxylation is 1. The summed E-state index contributed by atoms with van der Waals surface area (Å²) in [5.74, 6) is 0. The molecule has 3 nitrogen and oxygen atoms in total. The van der Waals surface area contributed by atoms with Crippen molar-refractivity contribution in [3.05, 3.63) is 58.1 Å². The van der Waals surface area contributed by atoms with Crippen LogP contribution in [0.5, 0.6) is 0 Å². The van der Waals surface area contributed by atoms with E-state index in [2.05, 4.69) is 4.72 Å². The molecule has 0 heterocycles. The van der Waals surface area contributed by atoms with Crippen LogP contribution in [0.25, 0.3) is 0 Å². The van der Waals surface area contributed by atoms with Crippen molar-refractivity contribution in [2.45, 2.75) is 11.8 Å². The minimum atomic E-state index is -3.65. The number of sulfonamides is 1. The van der Waals surface area contributed by atoms with E-state index in [-0.39, 0.29) is 4.90 Å². The van der Waals surface area contributed by atoms with Gasteiger partial charge in [0, 0.05) is 10.0 Å². The van der Waals surface area contributed by atoms with Crippen molar-refractivity contribution in [1.82, 2.24) is 0 Å². The van der Waals surface area contributed by atoms with Crippen LogP contribution in [-0.4, -0.2) is 8.42 Å². The van der Waals surface area contributed by atoms with Crippen LogP contribution in [0.3, 0.4) is 0 Å². The molecule has 0 amide bonds. The van der Waals surface area contributed by atoms with Crippen molar-refractivity contribution < 1.29 is 8.42 Å². The third kappa shape index (κ3) is 3.41. The maximum absolute atomic E-state index is 12.2. The van der Waals surface area contributed by atoms with Gasteiger partial charge in [0.05, 0.1) is 10.6 Å². The van der Waals surface area contributed by atoms with E-state index in [9.17, 15) is 8.42 Å². The zero-order valence-electron chi connectivity index (χ0n) is 10.0. The van der Waals surface area contributed by atoms with Gasteiger partial charge in [-0.05, 0) is 48.9 Å². The fourth-order valence-electron chi connectivity index (χ4n) is 1.58. The van der Waals surface area contributed by atoms with Gasteiger partial charge in [0.1, 0.15) is 0 Å². The first-order valence-electron chi connectivity index (χ1n) is 5.43. The van der Waals surface area contributed by atoms with Crippen LogP contribution in [-0.2, 0) is 10.0 Å². The summed E-state index contributed by atoms with van der Waals surface area (Å²) < 4.78 is 26.9. The van der Waals surface area contributed by atoms with Crippen molar-refractivity contribution in [3.8, 4) is 0 Å². The van der Waals surface area contributed by atoms with Crippen LogP contribution >= 0.6 is 23.2 Å². The Kier molecular flexibility index (Phi) is 4.04. The summed E-state index contributed by atoms with van der Waals surface area (Å²) in [5, 5.41) is 0.930. The van der Waals surface area contributed by atoms with E-state index in [0.717, 1.165) is 5.56 Å². The topological polar surface area (TPSA) is 46.2 Å². The summed E-state index contributed by atoms with van der Waals surface area (Å²) in [4.78, 5) is 0.120. The molecule has 1 N–H and O–H groups in total. The molecule has 0 atom stereocenters. The van der Waals surface area contributed by atoms with E-state index in [4.69, 9.17) is 23.2 Å². The first kappa shape index (κ1) is 14.2. The average molecular weight is 316 g/mol. The second-order valence-electron chi connectivity index (χ2n) is 4.02. The summed E-state index contributed by atoms with van der Waals surface area (Å²) >= 11 is 11.6. The Labute approximate surface area is 122 Å². The summed E-state index contributed by atoms with van der Waals surface area (Å²) in [6.45, 7) is 1.78. The second kappa shape index (κ2) is 5.41. The maximum atomic E-state index is 12.2. The lowest BCUT2D eigenvalue weighted by atomic mass is 10.2. The molecule has 0 radical (unpaired) electrons. The van der Waals surface area contributed by atoms with Crippen LogP contribution in [0.2, 0.25) is 10.0 Å². The fourth-order valence-corrected chi connectivity index (χ4v) is 3.24. The van der Waals surface area contributed by atoms with Crippen LogP contribution in [0.15, 0.2) is 47.4 Å². The normalized spacial score (nSPS) is 11.3. The lowest BCUT2D eigenvalue weighted by molar-refractivity contribution is 0.601. The zero-order chi connectivity index (χ0) is 14.0. The maximum Gasteiger partial charge on any atom is 0.261 e. The van der Waals surface area contributed by atoms with E-state index in [1.807, 2.05) is 0 Å². The molecule has 2 rings (SSSR count). The van der Waals surface area contributed by atoms with Gasteiger partial charge >= 0.3 is 0 Å². The average Bonchev–Trinajstić information content (AvgIpc) is 2.33. The summed E-state index contributed by atoms with van der Waals surface area (Å²) in [5.41, 5.74) is 1.24. The molecule has 0 spiro atoms. The molecule has 2 aromatic rings. The van der Waals surface area contributed by atoms with Crippen molar-refractivity contribution in [1.29, 1.82) is 0 Å². The molecule has 0 saturated heterocycles. The molecule has 0 unspecified atom stereocenters. The van der Waals surface area contributed by atoms with Crippen molar-refractivity contribution in [2.24, 2.45) is 0 Å². The Hall–Kier alpha value is -1.23. The van der Waals surface area contributed by atoms with E-state index in [1.165, 1.54) is 12.1 Å². The van der Waals surface area contributed by atoms with Crippen LogP contribution in [0, 0.1) is 6.92 Å². The Morgan fingerprint density at radius 2 is 1.68 bits per heavy atom. The highest BCUT2D eigenvalue weighted by atomic mass is 35.5. The van der Waals surface area contributed by atoms with Gasteiger partial charge in [-0.3, -0.25) is 4.72 Å². The molecule has 0 saturated carbocycles. The van der Waals surface area contributed by atoms with Crippen LogP contribution in [0.4, 0.5) is 5.69 Å². The largest absolute Gasteiger partial charge is 0.279 e. The van der Waals surface area contributed by atoms with Crippen LogP contribution < -0.4 is 4.72 Å². The van der Waals surface area contributed by atoms with E-state index < -0.39 is 10.0 Å². The van der Waals surface area contributed by atoms with E-state index >= 15 is 0 Å². The molecule has 6 heteroatoms. The van der Waals surface area contributed by atoms with E-state index in [1.54, 1.807) is 37.3 Å². The van der Waals surface area contributed by atoms with Gasteiger partial charge in [-0.2, -0.15) is 0 Å². The first-order chi connectivity index (χ1) is 8.88. The van der Waals surface area contributed by atoms with Gasteiger partial charge in [-0.25, -0.2) is 8.42 Å². The minimum absolute atomic E-state index is 0.120. The summed E-state index contributed by atoms with van der Waals surface area (Å²) in [6, 6.07) is 11.0. The monoisotopic (exact) mass is 315 g/mol. The number of benzene rings is 2. The number of hydrogen-bond acceptors (Lipinski definition) is 2. The Morgan fingerprint density at radius 3 is 2.32 bits per heavy atom. The predicted molar refractivity (Wildman–Crippen MR) is 78.4 cm³/mol. The predicted octanol–water partition coefficient (Wildman–Crippen LogP) is 4.10. The molecule has 0 aliphatic heterocycles. The summed E-state index contributed by atoms with van der Waals surface area (Å²) in [7, 11) is -3.65. The lowest BCUT2D eigenvalue weighted by Crippen LogP contribution is -2.13. The molecule has 0 aliphatic carbocycles. The molecule has 0 fully saturated rings. The van der Waals surface area contributed by atoms with Crippen molar-refractivity contribution in [3.63, 3.8) is 0 Å². The Bertz CT molecular complexity index is 714. The highest BCUT2D eigenvalue weighted by Crippen LogP contribution is 2.23. The third-order valence-corrected chi connectivity index (χ3v) is 4.37. The number of nitrogens with one attached hydrogen (secondary N) is 1. The lowest BCUT2D eigenvalue weighted by Gasteiger charge is -2.11. The van der Waals surface area contributed by atoms with Gasteiger partial charge in [-0.15, -0.1) is 0 Å². The van der Waals surface area contributed by atoms with Gasteiger partial charge < -0.3 is 0 Å².